The Morgan fingerprint density at radius 3 is 2.42 bits per heavy atom. The predicted molar refractivity (Wildman–Crippen MR) is 69.4 cm³/mol. The molecule has 1 aromatic rings. The molecule has 0 aliphatic heterocycles. The van der Waals surface area contributed by atoms with E-state index in [1.807, 2.05) is 0 Å². The normalized spacial score (nSPS) is 13.0. The van der Waals surface area contributed by atoms with Gasteiger partial charge in [0.15, 0.2) is 0 Å². The Kier molecular flexibility index (Phi) is 5.02. The van der Waals surface area contributed by atoms with E-state index in [-0.39, 0.29) is 4.90 Å². The summed E-state index contributed by atoms with van der Waals surface area (Å²) in [5.74, 6) is 0. The first-order valence-corrected chi connectivity index (χ1v) is 7.56. The molecular formula is C11H13BrF3NO2S. The molecule has 0 saturated heterocycles. The second kappa shape index (κ2) is 5.80. The first-order chi connectivity index (χ1) is 8.54. The van der Waals surface area contributed by atoms with Crippen LogP contribution < -0.4 is 0 Å². The van der Waals surface area contributed by atoms with E-state index in [4.69, 9.17) is 0 Å². The average Bonchev–Trinajstić information content (AvgIpc) is 2.28. The fourth-order valence-electron chi connectivity index (χ4n) is 1.42. The smallest absolute Gasteiger partial charge is 0.207 e. The van der Waals surface area contributed by atoms with Crippen molar-refractivity contribution in [3.63, 3.8) is 0 Å². The molecule has 0 radical (unpaired) electrons. The van der Waals surface area contributed by atoms with E-state index in [0.29, 0.717) is 10.0 Å². The van der Waals surface area contributed by atoms with E-state index in [9.17, 15) is 21.6 Å². The van der Waals surface area contributed by atoms with Crippen molar-refractivity contribution in [1.82, 2.24) is 4.31 Å². The molecular weight excluding hydrogens is 347 g/mol. The van der Waals surface area contributed by atoms with E-state index in [1.54, 1.807) is 19.1 Å². The van der Waals surface area contributed by atoms with Crippen molar-refractivity contribution in [3.8, 4) is 0 Å². The van der Waals surface area contributed by atoms with Gasteiger partial charge in [-0.05, 0) is 24.6 Å². The molecule has 0 N–H and O–H groups in total. The van der Waals surface area contributed by atoms with Crippen LogP contribution in [0.15, 0.2) is 27.6 Å². The molecule has 0 aliphatic rings. The molecule has 1 rings (SSSR count). The summed E-state index contributed by atoms with van der Waals surface area (Å²) < 4.78 is 62.0. The lowest BCUT2D eigenvalue weighted by Crippen LogP contribution is -2.31. The molecule has 0 aromatic heterocycles. The summed E-state index contributed by atoms with van der Waals surface area (Å²) in [4.78, 5) is 0.00606. The third kappa shape index (κ3) is 4.47. The Morgan fingerprint density at radius 1 is 1.32 bits per heavy atom. The Labute approximate surface area is 118 Å². The van der Waals surface area contributed by atoms with Gasteiger partial charge < -0.3 is 0 Å². The summed E-state index contributed by atoms with van der Waals surface area (Å²) in [6, 6.07) is 4.65. The lowest BCUT2D eigenvalue weighted by molar-refractivity contribution is -0.135. The zero-order valence-electron chi connectivity index (χ0n) is 10.3. The highest BCUT2D eigenvalue weighted by Gasteiger charge is 2.30. The van der Waals surface area contributed by atoms with Gasteiger partial charge in [-0.2, -0.15) is 13.2 Å². The van der Waals surface area contributed by atoms with Gasteiger partial charge in [-0.1, -0.05) is 22.0 Å². The zero-order valence-corrected chi connectivity index (χ0v) is 12.7. The molecule has 0 amide bonds. The number of benzene rings is 1. The predicted octanol–water partition coefficient (Wildman–Crippen LogP) is 3.33. The maximum absolute atomic E-state index is 12.2. The molecule has 108 valence electrons. The molecule has 8 heteroatoms. The summed E-state index contributed by atoms with van der Waals surface area (Å²) >= 11 is 3.15. The highest BCUT2D eigenvalue weighted by Crippen LogP contribution is 2.25. The molecule has 0 fully saturated rings. The van der Waals surface area contributed by atoms with Gasteiger partial charge in [0.1, 0.15) is 0 Å². The van der Waals surface area contributed by atoms with Crippen molar-refractivity contribution in [1.29, 1.82) is 0 Å². The van der Waals surface area contributed by atoms with Crippen molar-refractivity contribution in [3.05, 3.63) is 28.2 Å². The van der Waals surface area contributed by atoms with Crippen LogP contribution in [-0.2, 0) is 10.0 Å². The monoisotopic (exact) mass is 359 g/mol. The topological polar surface area (TPSA) is 37.4 Å². The Hall–Kier alpha value is -0.600. The van der Waals surface area contributed by atoms with Crippen LogP contribution in [0.3, 0.4) is 0 Å². The summed E-state index contributed by atoms with van der Waals surface area (Å²) in [6.07, 6.45) is -5.55. The zero-order chi connectivity index (χ0) is 14.8. The number of halogens is 4. The lowest BCUT2D eigenvalue weighted by Gasteiger charge is -2.19. The van der Waals surface area contributed by atoms with Crippen LogP contribution in [0.1, 0.15) is 12.0 Å². The fraction of sp³-hybridized carbons (Fsp3) is 0.455. The third-order valence-electron chi connectivity index (χ3n) is 2.55. The van der Waals surface area contributed by atoms with Crippen LogP contribution in [0, 0.1) is 6.92 Å². The average molecular weight is 360 g/mol. The molecule has 0 saturated carbocycles. The van der Waals surface area contributed by atoms with Gasteiger partial charge in [0.2, 0.25) is 10.0 Å². The van der Waals surface area contributed by atoms with E-state index < -0.39 is 29.2 Å². The maximum atomic E-state index is 12.2. The standard InChI is InChI=1S/C11H13BrF3NO2S/c1-8-3-4-9(12)7-10(8)19(17,18)16(2)6-5-11(13,14)15/h3-4,7H,5-6H2,1-2H3. The largest absolute Gasteiger partial charge is 0.390 e. The van der Waals surface area contributed by atoms with Crippen LogP contribution in [0.2, 0.25) is 0 Å². The summed E-state index contributed by atoms with van der Waals surface area (Å²) in [5, 5.41) is 0. The first kappa shape index (κ1) is 16.5. The van der Waals surface area contributed by atoms with Crippen molar-refractivity contribution in [2.24, 2.45) is 0 Å². The van der Waals surface area contributed by atoms with E-state index >= 15 is 0 Å². The quantitative estimate of drug-likeness (QED) is 0.826. The minimum absolute atomic E-state index is 0.00606. The SMILES string of the molecule is Cc1ccc(Br)cc1S(=O)(=O)N(C)CCC(F)(F)F. The van der Waals surface area contributed by atoms with E-state index in [1.165, 1.54) is 6.07 Å². The number of hydrogen-bond acceptors (Lipinski definition) is 2. The molecule has 0 bridgehead atoms. The highest BCUT2D eigenvalue weighted by molar-refractivity contribution is 9.10. The first-order valence-electron chi connectivity index (χ1n) is 5.33. The van der Waals surface area contributed by atoms with Crippen LogP contribution >= 0.6 is 15.9 Å². The van der Waals surface area contributed by atoms with Gasteiger partial charge in [0, 0.05) is 18.1 Å². The maximum Gasteiger partial charge on any atom is 0.390 e. The van der Waals surface area contributed by atoms with Gasteiger partial charge in [0.05, 0.1) is 11.3 Å². The van der Waals surface area contributed by atoms with E-state index in [0.717, 1.165) is 11.4 Å². The molecule has 1 aromatic carbocycles. The van der Waals surface area contributed by atoms with Crippen molar-refractivity contribution >= 4 is 26.0 Å². The number of hydrogen-bond donors (Lipinski definition) is 0. The number of nitrogens with zero attached hydrogens (tertiary/aromatic N) is 1. The third-order valence-corrected chi connectivity index (χ3v) is 5.04. The van der Waals surface area contributed by atoms with Gasteiger partial charge >= 0.3 is 6.18 Å². The Bertz CT molecular complexity index is 558. The van der Waals surface area contributed by atoms with Crippen molar-refractivity contribution < 1.29 is 21.6 Å². The summed E-state index contributed by atoms with van der Waals surface area (Å²) in [5.41, 5.74) is 0.488. The molecule has 3 nitrogen and oxygen atoms in total. The van der Waals surface area contributed by atoms with Crippen molar-refractivity contribution in [2.75, 3.05) is 13.6 Å². The number of aryl methyl sites for hydroxylation is 1. The summed E-state index contributed by atoms with van der Waals surface area (Å²) in [7, 11) is -2.77. The number of sulfonamides is 1. The lowest BCUT2D eigenvalue weighted by atomic mass is 10.2. The summed E-state index contributed by atoms with van der Waals surface area (Å²) in [6.45, 7) is 0.995. The molecule has 19 heavy (non-hydrogen) atoms. The van der Waals surface area contributed by atoms with Gasteiger partial charge in [-0.3, -0.25) is 0 Å². The Morgan fingerprint density at radius 2 is 1.89 bits per heavy atom. The van der Waals surface area contributed by atoms with Gasteiger partial charge in [-0.15, -0.1) is 0 Å². The highest BCUT2D eigenvalue weighted by atomic mass is 79.9. The van der Waals surface area contributed by atoms with Crippen LogP contribution in [0.25, 0.3) is 0 Å². The van der Waals surface area contributed by atoms with Crippen molar-refractivity contribution in [2.45, 2.75) is 24.4 Å². The minimum atomic E-state index is -4.38. The fourth-order valence-corrected chi connectivity index (χ4v) is 3.35. The van der Waals surface area contributed by atoms with Crippen LogP contribution in [0.4, 0.5) is 13.2 Å². The molecule has 0 spiro atoms. The molecule has 0 unspecified atom stereocenters. The van der Waals surface area contributed by atoms with Crippen LogP contribution in [0.5, 0.6) is 0 Å². The molecule has 0 heterocycles. The second-order valence-corrected chi connectivity index (χ2v) is 7.03. The molecule has 0 atom stereocenters. The number of rotatable bonds is 4. The van der Waals surface area contributed by atoms with Crippen LogP contribution in [-0.4, -0.2) is 32.5 Å². The molecule has 0 aliphatic carbocycles. The van der Waals surface area contributed by atoms with Gasteiger partial charge in [-0.25, -0.2) is 12.7 Å². The van der Waals surface area contributed by atoms with Gasteiger partial charge in [0.25, 0.3) is 0 Å². The van der Waals surface area contributed by atoms with E-state index in [2.05, 4.69) is 15.9 Å². The Balaban J connectivity index is 3.00. The number of alkyl halides is 3. The minimum Gasteiger partial charge on any atom is -0.207 e. The second-order valence-electron chi connectivity index (χ2n) is 4.10.